The molecule has 0 aliphatic rings. The topological polar surface area (TPSA) is 63.1 Å². The van der Waals surface area contributed by atoms with Crippen LogP contribution >= 0.6 is 0 Å². The molecule has 17 heavy (non-hydrogen) atoms. The molecule has 1 unspecified atom stereocenters. The number of hydrogen-bond donors (Lipinski definition) is 1. The minimum atomic E-state index is -0.841. The van der Waals surface area contributed by atoms with Crippen molar-refractivity contribution < 1.29 is 9.90 Å². The van der Waals surface area contributed by atoms with E-state index in [0.717, 1.165) is 17.8 Å². The summed E-state index contributed by atoms with van der Waals surface area (Å²) in [5, 5.41) is 9.20. The Morgan fingerprint density at radius 1 is 1.41 bits per heavy atom. The van der Waals surface area contributed by atoms with E-state index in [1.165, 1.54) is 0 Å². The molecule has 0 fully saturated rings. The van der Waals surface area contributed by atoms with Crippen LogP contribution in [0.5, 0.6) is 0 Å². The highest BCUT2D eigenvalue weighted by atomic mass is 16.4. The molecule has 1 N–H and O–H groups in total. The molecule has 0 saturated heterocycles. The molecule has 94 valence electrons. The van der Waals surface area contributed by atoms with Crippen LogP contribution in [-0.4, -0.2) is 21.0 Å². The Kier molecular flexibility index (Phi) is 4.61. The summed E-state index contributed by atoms with van der Waals surface area (Å²) < 4.78 is 0. The van der Waals surface area contributed by atoms with Crippen LogP contribution in [0.4, 0.5) is 0 Å². The monoisotopic (exact) mass is 236 g/mol. The summed E-state index contributed by atoms with van der Waals surface area (Å²) in [6.45, 7) is 7.93. The SMILES string of the molecule is CCCC(C(=O)O)c1nc(C)cc(C(C)C)n1. The average Bonchev–Trinajstić information content (AvgIpc) is 2.24. The molecule has 1 rings (SSSR count). The zero-order valence-electron chi connectivity index (χ0n) is 10.9. The highest BCUT2D eigenvalue weighted by molar-refractivity contribution is 5.74. The first-order chi connectivity index (χ1) is 7.95. The smallest absolute Gasteiger partial charge is 0.314 e. The van der Waals surface area contributed by atoms with Gasteiger partial charge in [0.2, 0.25) is 0 Å². The molecule has 4 heteroatoms. The van der Waals surface area contributed by atoms with E-state index in [1.807, 2.05) is 33.8 Å². The fraction of sp³-hybridized carbons (Fsp3) is 0.615. The van der Waals surface area contributed by atoms with Crippen molar-refractivity contribution >= 4 is 5.97 Å². The van der Waals surface area contributed by atoms with E-state index in [1.54, 1.807) is 0 Å². The van der Waals surface area contributed by atoms with Crippen LogP contribution in [0.25, 0.3) is 0 Å². The van der Waals surface area contributed by atoms with E-state index < -0.39 is 11.9 Å². The van der Waals surface area contributed by atoms with Gasteiger partial charge in [-0.2, -0.15) is 0 Å². The first-order valence-electron chi connectivity index (χ1n) is 6.04. The number of carboxylic acids is 1. The maximum atomic E-state index is 11.2. The lowest BCUT2D eigenvalue weighted by atomic mass is 10.0. The Hall–Kier alpha value is -1.45. The quantitative estimate of drug-likeness (QED) is 0.853. The Balaban J connectivity index is 3.14. The summed E-state index contributed by atoms with van der Waals surface area (Å²) in [6.07, 6.45) is 1.39. The second-order valence-electron chi connectivity index (χ2n) is 4.63. The van der Waals surface area contributed by atoms with Gasteiger partial charge in [0, 0.05) is 11.4 Å². The number of nitrogens with zero attached hydrogens (tertiary/aromatic N) is 2. The fourth-order valence-electron chi connectivity index (χ4n) is 1.72. The number of carbonyl (C=O) groups is 1. The van der Waals surface area contributed by atoms with Crippen molar-refractivity contribution in [3.63, 3.8) is 0 Å². The molecule has 0 spiro atoms. The van der Waals surface area contributed by atoms with Crippen LogP contribution in [0.15, 0.2) is 6.07 Å². The van der Waals surface area contributed by atoms with Crippen LogP contribution in [0.1, 0.15) is 62.7 Å². The molecule has 1 atom stereocenters. The van der Waals surface area contributed by atoms with Crippen molar-refractivity contribution in [1.29, 1.82) is 0 Å². The molecule has 0 radical (unpaired) electrons. The predicted molar refractivity (Wildman–Crippen MR) is 66.1 cm³/mol. The van der Waals surface area contributed by atoms with Gasteiger partial charge in [-0.3, -0.25) is 4.79 Å². The van der Waals surface area contributed by atoms with Gasteiger partial charge in [0.05, 0.1) is 0 Å². The maximum absolute atomic E-state index is 11.2. The van der Waals surface area contributed by atoms with Gasteiger partial charge < -0.3 is 5.11 Å². The summed E-state index contributed by atoms with van der Waals surface area (Å²) in [5.41, 5.74) is 1.75. The minimum absolute atomic E-state index is 0.284. The van der Waals surface area contributed by atoms with Gasteiger partial charge in [0.25, 0.3) is 0 Å². The van der Waals surface area contributed by atoms with Gasteiger partial charge in [-0.25, -0.2) is 9.97 Å². The van der Waals surface area contributed by atoms with Gasteiger partial charge in [0.15, 0.2) is 0 Å². The van der Waals surface area contributed by atoms with Crippen LogP contribution in [-0.2, 0) is 4.79 Å². The molecule has 0 amide bonds. The molecule has 1 aromatic rings. The molecular formula is C13H20N2O2. The number of aromatic nitrogens is 2. The summed E-state index contributed by atoms with van der Waals surface area (Å²) in [5.74, 6) is -0.695. The lowest BCUT2D eigenvalue weighted by Crippen LogP contribution is -2.16. The van der Waals surface area contributed by atoms with E-state index in [4.69, 9.17) is 0 Å². The maximum Gasteiger partial charge on any atom is 0.314 e. The third-order valence-corrected chi connectivity index (χ3v) is 2.67. The third-order valence-electron chi connectivity index (χ3n) is 2.67. The summed E-state index contributed by atoms with van der Waals surface area (Å²) in [4.78, 5) is 19.8. The van der Waals surface area contributed by atoms with Crippen molar-refractivity contribution in [2.45, 2.75) is 52.4 Å². The normalized spacial score (nSPS) is 12.8. The van der Waals surface area contributed by atoms with E-state index in [2.05, 4.69) is 9.97 Å². The Morgan fingerprint density at radius 2 is 2.06 bits per heavy atom. The van der Waals surface area contributed by atoms with Crippen LogP contribution in [0, 0.1) is 6.92 Å². The molecule has 0 aromatic carbocycles. The van der Waals surface area contributed by atoms with Crippen molar-refractivity contribution in [2.24, 2.45) is 0 Å². The molecule has 0 saturated carbocycles. The van der Waals surface area contributed by atoms with Crippen molar-refractivity contribution in [1.82, 2.24) is 9.97 Å². The zero-order valence-corrected chi connectivity index (χ0v) is 10.9. The average molecular weight is 236 g/mol. The van der Waals surface area contributed by atoms with E-state index in [9.17, 15) is 9.90 Å². The fourth-order valence-corrected chi connectivity index (χ4v) is 1.72. The number of aryl methyl sites for hydroxylation is 1. The minimum Gasteiger partial charge on any atom is -0.481 e. The molecular weight excluding hydrogens is 216 g/mol. The van der Waals surface area contributed by atoms with E-state index >= 15 is 0 Å². The number of hydrogen-bond acceptors (Lipinski definition) is 3. The van der Waals surface area contributed by atoms with Gasteiger partial charge in [0.1, 0.15) is 11.7 Å². The lowest BCUT2D eigenvalue weighted by Gasteiger charge is -2.13. The summed E-state index contributed by atoms with van der Waals surface area (Å²) >= 11 is 0. The van der Waals surface area contributed by atoms with Gasteiger partial charge in [-0.15, -0.1) is 0 Å². The Labute approximate surface area is 102 Å². The van der Waals surface area contributed by atoms with Gasteiger partial charge >= 0.3 is 5.97 Å². The van der Waals surface area contributed by atoms with Crippen molar-refractivity contribution in [3.8, 4) is 0 Å². The summed E-state index contributed by atoms with van der Waals surface area (Å²) in [6, 6.07) is 1.92. The highest BCUT2D eigenvalue weighted by Gasteiger charge is 2.22. The standard InChI is InChI=1S/C13H20N2O2/c1-5-6-10(13(16)17)12-14-9(4)7-11(15-12)8(2)3/h7-8,10H,5-6H2,1-4H3,(H,16,17). The van der Waals surface area contributed by atoms with Crippen LogP contribution in [0.2, 0.25) is 0 Å². The second kappa shape index (κ2) is 5.75. The predicted octanol–water partition coefficient (Wildman–Crippen LogP) is 2.88. The molecule has 4 nitrogen and oxygen atoms in total. The molecule has 0 aliphatic carbocycles. The molecule has 1 aromatic heterocycles. The van der Waals surface area contributed by atoms with E-state index in [-0.39, 0.29) is 5.92 Å². The number of aliphatic carboxylic acids is 1. The lowest BCUT2D eigenvalue weighted by molar-refractivity contribution is -0.139. The van der Waals surface area contributed by atoms with E-state index in [0.29, 0.717) is 12.2 Å². The number of carboxylic acid groups (broad SMARTS) is 1. The van der Waals surface area contributed by atoms with Crippen molar-refractivity contribution in [2.75, 3.05) is 0 Å². The first kappa shape index (κ1) is 13.6. The third kappa shape index (κ3) is 3.51. The molecule has 1 heterocycles. The molecule has 0 aliphatic heterocycles. The number of rotatable bonds is 5. The zero-order chi connectivity index (χ0) is 13.0. The highest BCUT2D eigenvalue weighted by Crippen LogP contribution is 2.21. The van der Waals surface area contributed by atoms with Crippen LogP contribution in [0.3, 0.4) is 0 Å². The Morgan fingerprint density at radius 3 is 2.53 bits per heavy atom. The Bertz CT molecular complexity index is 402. The first-order valence-corrected chi connectivity index (χ1v) is 6.04. The van der Waals surface area contributed by atoms with Gasteiger partial charge in [-0.1, -0.05) is 27.2 Å². The van der Waals surface area contributed by atoms with Gasteiger partial charge in [-0.05, 0) is 25.3 Å². The second-order valence-corrected chi connectivity index (χ2v) is 4.63. The van der Waals surface area contributed by atoms with Crippen LogP contribution < -0.4 is 0 Å². The van der Waals surface area contributed by atoms with Crippen molar-refractivity contribution in [3.05, 3.63) is 23.3 Å². The summed E-state index contributed by atoms with van der Waals surface area (Å²) in [7, 11) is 0. The molecule has 0 bridgehead atoms. The largest absolute Gasteiger partial charge is 0.481 e.